The highest BCUT2D eigenvalue weighted by molar-refractivity contribution is 5.67. The first-order valence-electron chi connectivity index (χ1n) is 3.26. The van der Waals surface area contributed by atoms with E-state index in [1.165, 1.54) is 6.40 Å². The molecule has 11 heavy (non-hydrogen) atoms. The summed E-state index contributed by atoms with van der Waals surface area (Å²) in [5.74, 6) is 0. The molecule has 1 aromatic heterocycles. The highest BCUT2D eigenvalue weighted by Crippen LogP contribution is 2.18. The molecular weight excluding hydrogens is 140 g/mol. The predicted octanol–water partition coefficient (Wildman–Crippen LogP) is 1.74. The molecule has 0 saturated carbocycles. The van der Waals surface area contributed by atoms with Gasteiger partial charge in [0.05, 0.1) is 17.6 Å². The zero-order valence-electron chi connectivity index (χ0n) is 5.77. The van der Waals surface area contributed by atoms with E-state index < -0.39 is 0 Å². The van der Waals surface area contributed by atoms with Crippen molar-refractivity contribution in [3.05, 3.63) is 30.3 Å². The monoisotopic (exact) mass is 146 g/mol. The van der Waals surface area contributed by atoms with Crippen LogP contribution in [-0.2, 0) is 4.74 Å². The van der Waals surface area contributed by atoms with Crippen molar-refractivity contribution >= 4 is 18.2 Å². The van der Waals surface area contributed by atoms with Gasteiger partial charge in [0.15, 0.2) is 6.40 Å². The first kappa shape index (κ1) is 6.09. The molecule has 0 atom stereocenters. The van der Waals surface area contributed by atoms with Gasteiger partial charge in [-0.15, -0.1) is 0 Å². The summed E-state index contributed by atoms with van der Waals surface area (Å²) in [4.78, 5) is 8.11. The highest BCUT2D eigenvalue weighted by Gasteiger charge is 1.98. The third-order valence-electron chi connectivity index (χ3n) is 1.37. The molecule has 54 valence electrons. The Morgan fingerprint density at radius 2 is 2.36 bits per heavy atom. The number of nitrogens with zero attached hydrogens (tertiary/aromatic N) is 2. The number of rotatable bonds is 0. The normalized spacial score (nSPS) is 13.5. The Morgan fingerprint density at radius 3 is 3.36 bits per heavy atom. The van der Waals surface area contributed by atoms with Crippen molar-refractivity contribution in [1.29, 1.82) is 0 Å². The van der Waals surface area contributed by atoms with Gasteiger partial charge in [0, 0.05) is 12.3 Å². The van der Waals surface area contributed by atoms with Crippen LogP contribution in [0.4, 0.5) is 5.69 Å². The number of aliphatic imine (C=N–C) groups is 1. The lowest BCUT2D eigenvalue weighted by Crippen LogP contribution is -1.77. The summed E-state index contributed by atoms with van der Waals surface area (Å²) in [7, 11) is 0. The van der Waals surface area contributed by atoms with Gasteiger partial charge in [-0.2, -0.15) is 0 Å². The first-order chi connectivity index (χ1) is 5.47. The third-order valence-corrected chi connectivity index (χ3v) is 1.37. The Labute approximate surface area is 64.1 Å². The number of pyridine rings is 1. The summed E-state index contributed by atoms with van der Waals surface area (Å²) in [6.45, 7) is 0. The van der Waals surface area contributed by atoms with Gasteiger partial charge in [-0.3, -0.25) is 4.98 Å². The van der Waals surface area contributed by atoms with Crippen molar-refractivity contribution in [2.24, 2.45) is 4.99 Å². The van der Waals surface area contributed by atoms with Crippen LogP contribution in [0.5, 0.6) is 0 Å². The second-order valence-electron chi connectivity index (χ2n) is 2.08. The third kappa shape index (κ3) is 1.12. The summed E-state index contributed by atoms with van der Waals surface area (Å²) in [5, 5.41) is 0. The van der Waals surface area contributed by atoms with E-state index in [0.717, 1.165) is 11.4 Å². The maximum absolute atomic E-state index is 4.86. The molecule has 2 rings (SSSR count). The standard InChI is InChI=1S/C8H6N2O/c1-2-7-8(9-4-1)3-5-11-6-10-7/h1-6H. The van der Waals surface area contributed by atoms with Gasteiger partial charge in [-0.1, -0.05) is 0 Å². The van der Waals surface area contributed by atoms with Crippen LogP contribution in [0.15, 0.2) is 29.6 Å². The molecule has 1 aliphatic rings. The van der Waals surface area contributed by atoms with Gasteiger partial charge in [-0.05, 0) is 12.1 Å². The lowest BCUT2D eigenvalue weighted by molar-refractivity contribution is 0.500. The molecule has 0 aromatic carbocycles. The summed E-state index contributed by atoms with van der Waals surface area (Å²) < 4.78 is 4.86. The Morgan fingerprint density at radius 1 is 1.36 bits per heavy atom. The van der Waals surface area contributed by atoms with Gasteiger partial charge in [0.1, 0.15) is 0 Å². The van der Waals surface area contributed by atoms with E-state index in [-0.39, 0.29) is 0 Å². The second-order valence-corrected chi connectivity index (χ2v) is 2.08. The molecule has 2 heterocycles. The minimum atomic E-state index is 0.834. The van der Waals surface area contributed by atoms with Crippen LogP contribution in [0.3, 0.4) is 0 Å². The molecule has 0 bridgehead atoms. The zero-order chi connectivity index (χ0) is 7.52. The first-order valence-corrected chi connectivity index (χ1v) is 3.26. The molecular formula is C8H6N2O. The van der Waals surface area contributed by atoms with Crippen molar-refractivity contribution in [3.8, 4) is 0 Å². The van der Waals surface area contributed by atoms with Gasteiger partial charge in [-0.25, -0.2) is 4.99 Å². The van der Waals surface area contributed by atoms with E-state index in [2.05, 4.69) is 9.98 Å². The van der Waals surface area contributed by atoms with Crippen LogP contribution < -0.4 is 0 Å². The average molecular weight is 146 g/mol. The summed E-state index contributed by atoms with van der Waals surface area (Å²) in [5.41, 5.74) is 1.67. The molecule has 1 aromatic rings. The van der Waals surface area contributed by atoms with Gasteiger partial charge in [0.25, 0.3) is 0 Å². The van der Waals surface area contributed by atoms with Crippen LogP contribution in [0.25, 0.3) is 6.08 Å². The number of aromatic nitrogens is 1. The number of hydrogen-bond donors (Lipinski definition) is 0. The fraction of sp³-hybridized carbons (Fsp3) is 0. The molecule has 0 aliphatic carbocycles. The molecule has 0 amide bonds. The number of hydrogen-bond acceptors (Lipinski definition) is 3. The summed E-state index contributed by atoms with van der Waals surface area (Å²) >= 11 is 0. The molecule has 0 radical (unpaired) electrons. The van der Waals surface area contributed by atoms with Crippen molar-refractivity contribution in [2.45, 2.75) is 0 Å². The second kappa shape index (κ2) is 2.54. The van der Waals surface area contributed by atoms with E-state index in [4.69, 9.17) is 4.74 Å². The van der Waals surface area contributed by atoms with Crippen molar-refractivity contribution in [3.63, 3.8) is 0 Å². The van der Waals surface area contributed by atoms with Gasteiger partial charge in [0.2, 0.25) is 0 Å². The van der Waals surface area contributed by atoms with Crippen LogP contribution in [0.1, 0.15) is 5.69 Å². The van der Waals surface area contributed by atoms with Crippen LogP contribution in [0, 0.1) is 0 Å². The van der Waals surface area contributed by atoms with Crippen molar-refractivity contribution in [2.75, 3.05) is 0 Å². The molecule has 0 N–H and O–H groups in total. The largest absolute Gasteiger partial charge is 0.453 e. The van der Waals surface area contributed by atoms with E-state index in [9.17, 15) is 0 Å². The maximum atomic E-state index is 4.86. The summed E-state index contributed by atoms with van der Waals surface area (Å²) in [6, 6.07) is 3.73. The van der Waals surface area contributed by atoms with Crippen molar-refractivity contribution in [1.82, 2.24) is 4.98 Å². The molecule has 0 fully saturated rings. The molecule has 3 nitrogen and oxygen atoms in total. The average Bonchev–Trinajstić information content (AvgIpc) is 2.28. The number of fused-ring (bicyclic) bond motifs is 1. The smallest absolute Gasteiger partial charge is 0.180 e. The number of ether oxygens (including phenoxy) is 1. The Kier molecular flexibility index (Phi) is 1.41. The molecule has 0 spiro atoms. The lowest BCUT2D eigenvalue weighted by atomic mass is 10.3. The maximum Gasteiger partial charge on any atom is 0.180 e. The highest BCUT2D eigenvalue weighted by atomic mass is 16.5. The van der Waals surface area contributed by atoms with Crippen LogP contribution in [0.2, 0.25) is 0 Å². The molecule has 3 heteroatoms. The van der Waals surface area contributed by atoms with Crippen LogP contribution in [-0.4, -0.2) is 11.4 Å². The lowest BCUT2D eigenvalue weighted by Gasteiger charge is -1.93. The molecule has 0 saturated heterocycles. The predicted molar refractivity (Wildman–Crippen MR) is 42.5 cm³/mol. The Balaban J connectivity index is 2.58. The topological polar surface area (TPSA) is 34.5 Å². The Bertz CT molecular complexity index is 287. The van der Waals surface area contributed by atoms with E-state index in [0.29, 0.717) is 0 Å². The molecule has 0 unspecified atom stereocenters. The van der Waals surface area contributed by atoms with Gasteiger partial charge < -0.3 is 4.74 Å². The van der Waals surface area contributed by atoms with E-state index in [1.807, 2.05) is 12.1 Å². The van der Waals surface area contributed by atoms with E-state index >= 15 is 0 Å². The van der Waals surface area contributed by atoms with Crippen LogP contribution >= 0.6 is 0 Å². The SMILES string of the molecule is C1=Cc2ncccc2N=CO1. The molecule has 1 aliphatic heterocycles. The fourth-order valence-corrected chi connectivity index (χ4v) is 0.873. The van der Waals surface area contributed by atoms with Gasteiger partial charge >= 0.3 is 0 Å². The van der Waals surface area contributed by atoms with Crippen molar-refractivity contribution < 1.29 is 4.74 Å². The summed E-state index contributed by atoms with van der Waals surface area (Å²) in [6.07, 6.45) is 6.46. The Hall–Kier alpha value is -1.64. The minimum Gasteiger partial charge on any atom is -0.453 e. The fourth-order valence-electron chi connectivity index (χ4n) is 0.873. The quantitative estimate of drug-likeness (QED) is 0.558. The minimum absolute atomic E-state index is 0.834. The zero-order valence-corrected chi connectivity index (χ0v) is 5.77. The van der Waals surface area contributed by atoms with E-state index in [1.54, 1.807) is 18.5 Å².